The van der Waals surface area contributed by atoms with Gasteiger partial charge < -0.3 is 11.8 Å². The van der Waals surface area contributed by atoms with Crippen molar-refractivity contribution in [2.75, 3.05) is 12.0 Å². The zero-order chi connectivity index (χ0) is 22.9. The van der Waals surface area contributed by atoms with Crippen LogP contribution in [0.15, 0.2) is 61.1 Å². The molecule has 0 aliphatic heterocycles. The first-order valence-electron chi connectivity index (χ1n) is 10.2. The molecule has 8 heteroatoms. The second kappa shape index (κ2) is 13.0. The molecule has 0 unspecified atom stereocenters. The summed E-state index contributed by atoms with van der Waals surface area (Å²) in [6.45, 7) is 1.98. The molecule has 1 aromatic heterocycles. The van der Waals surface area contributed by atoms with Crippen molar-refractivity contribution in [3.63, 3.8) is 0 Å². The van der Waals surface area contributed by atoms with Gasteiger partial charge in [0.15, 0.2) is 0 Å². The van der Waals surface area contributed by atoms with Gasteiger partial charge in [0, 0.05) is 18.0 Å². The van der Waals surface area contributed by atoms with Gasteiger partial charge in [-0.3, -0.25) is 14.8 Å². The molecule has 3 rings (SSSR count). The largest absolute Gasteiger partial charge is 1.00 e. The fraction of sp³-hybridized carbons (Fsp3) is 0.200. The average Bonchev–Trinajstić information content (AvgIpc) is 2.81. The molecule has 2 aromatic carbocycles. The minimum atomic E-state index is -1.03. The van der Waals surface area contributed by atoms with Crippen molar-refractivity contribution >= 4 is 35.8 Å². The maximum Gasteiger partial charge on any atom is 1.00 e. The zero-order valence-electron chi connectivity index (χ0n) is 20.0. The number of benzene rings is 2. The fourth-order valence-electron chi connectivity index (χ4n) is 3.27. The van der Waals surface area contributed by atoms with Crippen LogP contribution in [0.4, 0.5) is 0 Å². The number of aliphatic carboxylic acids is 1. The smallest absolute Gasteiger partial charge is 1.00 e. The summed E-state index contributed by atoms with van der Waals surface area (Å²) in [6.07, 6.45) is 10.9. The Morgan fingerprint density at radius 2 is 1.94 bits per heavy atom. The summed E-state index contributed by atoms with van der Waals surface area (Å²) in [6, 6.07) is 12.4. The number of aromatic nitrogens is 2. The van der Waals surface area contributed by atoms with Crippen LogP contribution in [0.3, 0.4) is 0 Å². The van der Waals surface area contributed by atoms with Crippen molar-refractivity contribution in [1.29, 1.82) is 0 Å². The monoisotopic (exact) mass is 455 g/mol. The van der Waals surface area contributed by atoms with Crippen molar-refractivity contribution in [2.24, 2.45) is 0 Å². The Labute approximate surface area is 211 Å². The van der Waals surface area contributed by atoms with Gasteiger partial charge in [-0.05, 0) is 65.8 Å². The number of thioether (sulfide) groups is 1. The van der Waals surface area contributed by atoms with Gasteiger partial charge in [0.1, 0.15) is 6.04 Å². The van der Waals surface area contributed by atoms with E-state index in [1.165, 1.54) is 0 Å². The van der Waals surface area contributed by atoms with Crippen LogP contribution < -0.4 is 24.2 Å². The van der Waals surface area contributed by atoms with Crippen LogP contribution in [0.1, 0.15) is 35.0 Å². The van der Waals surface area contributed by atoms with E-state index in [2.05, 4.69) is 15.3 Å². The Kier molecular flexibility index (Phi) is 10.4. The van der Waals surface area contributed by atoms with Gasteiger partial charge >= 0.3 is 24.8 Å². The molecule has 2 N–H and O–H groups in total. The average molecular weight is 456 g/mol. The van der Waals surface area contributed by atoms with E-state index in [1.54, 1.807) is 36.4 Å². The summed E-state index contributed by atoms with van der Waals surface area (Å²) in [5, 5.41) is 12.2. The molecule has 0 spiro atoms. The molecule has 0 aliphatic rings. The van der Waals surface area contributed by atoms with Crippen molar-refractivity contribution < 1.29 is 35.0 Å². The fourth-order valence-corrected chi connectivity index (χ4v) is 3.74. The molecule has 33 heavy (non-hydrogen) atoms. The second-order valence-electron chi connectivity index (χ2n) is 7.23. The SMILES string of the molecule is CSCC[C@H](NC(=O)c1ccc(C=Cc2cnccn2)cc1-c1ccccc1C)C(=O)O.[H-].[Li+]. The summed E-state index contributed by atoms with van der Waals surface area (Å²) >= 11 is 1.55. The van der Waals surface area contributed by atoms with Gasteiger partial charge in [-0.15, -0.1) is 0 Å². The number of rotatable bonds is 9. The molecule has 0 fully saturated rings. The van der Waals surface area contributed by atoms with E-state index in [-0.39, 0.29) is 20.3 Å². The molecule has 1 heterocycles. The first kappa shape index (κ1) is 26.4. The van der Waals surface area contributed by atoms with E-state index >= 15 is 0 Å². The van der Waals surface area contributed by atoms with Gasteiger partial charge in [-0.25, -0.2) is 4.79 Å². The van der Waals surface area contributed by atoms with Crippen LogP contribution in [0.5, 0.6) is 0 Å². The van der Waals surface area contributed by atoms with Crippen molar-refractivity contribution in [3.05, 3.63) is 83.4 Å². The molecular formula is C25H26LiN3O3S. The normalized spacial score (nSPS) is 11.6. The van der Waals surface area contributed by atoms with Crippen molar-refractivity contribution in [2.45, 2.75) is 19.4 Å². The van der Waals surface area contributed by atoms with Crippen LogP contribution in [-0.4, -0.2) is 45.0 Å². The Morgan fingerprint density at radius 1 is 1.15 bits per heavy atom. The van der Waals surface area contributed by atoms with Crippen LogP contribution in [-0.2, 0) is 4.79 Å². The van der Waals surface area contributed by atoms with Crippen LogP contribution in [0.25, 0.3) is 23.3 Å². The molecule has 0 saturated carbocycles. The van der Waals surface area contributed by atoms with Crippen LogP contribution in [0.2, 0.25) is 0 Å². The topological polar surface area (TPSA) is 92.2 Å². The van der Waals surface area contributed by atoms with E-state index < -0.39 is 17.9 Å². The van der Waals surface area contributed by atoms with Crippen LogP contribution in [0, 0.1) is 6.92 Å². The Morgan fingerprint density at radius 3 is 2.61 bits per heavy atom. The number of carboxylic acid groups (broad SMARTS) is 1. The third kappa shape index (κ3) is 7.33. The number of nitrogens with one attached hydrogen (secondary N) is 1. The third-order valence-corrected chi connectivity index (χ3v) is 5.61. The summed E-state index contributed by atoms with van der Waals surface area (Å²) in [4.78, 5) is 33.0. The molecule has 1 amide bonds. The maximum atomic E-state index is 13.1. The number of carbonyl (C=O) groups is 2. The summed E-state index contributed by atoms with van der Waals surface area (Å²) < 4.78 is 0. The first-order chi connectivity index (χ1) is 15.5. The van der Waals surface area contributed by atoms with Gasteiger partial charge in [-0.1, -0.05) is 36.4 Å². The standard InChI is InChI=1S/C25H25N3O3S.Li.H/c1-17-5-3-4-6-20(17)22-15-18(7-9-19-16-26-12-13-27-19)8-10-21(22)24(29)28-23(25(30)31)11-14-32-2;;/h3-10,12-13,15-16,23H,11,14H2,1-2H3,(H,28,29)(H,30,31);;/q;+1;-1/t23-;;/m0../s1. The number of nitrogens with zero attached hydrogens (tertiary/aromatic N) is 2. The molecule has 0 aliphatic carbocycles. The van der Waals surface area contributed by atoms with E-state index in [0.29, 0.717) is 17.7 Å². The number of carboxylic acids is 1. The summed E-state index contributed by atoms with van der Waals surface area (Å²) in [5.74, 6) is -0.789. The summed E-state index contributed by atoms with van der Waals surface area (Å²) in [5.41, 5.74) is 4.74. The molecule has 1 atom stereocenters. The Balaban J connectivity index is 0.00000289. The third-order valence-electron chi connectivity index (χ3n) is 4.97. The molecule has 6 nitrogen and oxygen atoms in total. The number of aryl methyl sites for hydroxylation is 1. The molecular weight excluding hydrogens is 429 g/mol. The van der Waals surface area contributed by atoms with Gasteiger partial charge in [-0.2, -0.15) is 11.8 Å². The van der Waals surface area contributed by atoms with E-state index in [9.17, 15) is 14.7 Å². The maximum absolute atomic E-state index is 13.1. The number of amides is 1. The predicted molar refractivity (Wildman–Crippen MR) is 131 cm³/mol. The minimum absolute atomic E-state index is 0. The number of hydrogen-bond acceptors (Lipinski definition) is 5. The first-order valence-corrected chi connectivity index (χ1v) is 11.6. The quantitative estimate of drug-likeness (QED) is 0.477. The van der Waals surface area contributed by atoms with E-state index in [1.807, 2.05) is 61.7 Å². The van der Waals surface area contributed by atoms with Crippen molar-refractivity contribution in [3.8, 4) is 11.1 Å². The Bertz CT molecular complexity index is 1130. The molecule has 0 bridgehead atoms. The van der Waals surface area contributed by atoms with Gasteiger partial charge in [0.2, 0.25) is 0 Å². The number of hydrogen-bond donors (Lipinski definition) is 2. The molecule has 0 radical (unpaired) electrons. The predicted octanol–water partition coefficient (Wildman–Crippen LogP) is 1.68. The van der Waals surface area contributed by atoms with Crippen molar-refractivity contribution in [1.82, 2.24) is 15.3 Å². The number of carbonyl (C=O) groups excluding carboxylic acids is 1. The minimum Gasteiger partial charge on any atom is -1.00 e. The molecule has 0 saturated heterocycles. The molecule has 166 valence electrons. The van der Waals surface area contributed by atoms with Gasteiger partial charge in [0.05, 0.1) is 11.9 Å². The summed E-state index contributed by atoms with van der Waals surface area (Å²) in [7, 11) is 0. The van der Waals surface area contributed by atoms with Gasteiger partial charge in [0.25, 0.3) is 5.91 Å². The van der Waals surface area contributed by atoms with E-state index in [4.69, 9.17) is 0 Å². The Hall–Kier alpha value is -2.85. The zero-order valence-corrected chi connectivity index (χ0v) is 19.8. The second-order valence-corrected chi connectivity index (χ2v) is 8.21. The van der Waals surface area contributed by atoms with Crippen LogP contribution >= 0.6 is 11.8 Å². The van der Waals surface area contributed by atoms with E-state index in [0.717, 1.165) is 27.9 Å². The molecule has 3 aromatic rings.